The molecule has 0 radical (unpaired) electrons. The van der Waals surface area contributed by atoms with Crippen LogP contribution >= 0.6 is 0 Å². The molecule has 2 amide bonds. The summed E-state index contributed by atoms with van der Waals surface area (Å²) in [5.41, 5.74) is 1.37. The number of aliphatic hydroxyl groups is 1. The van der Waals surface area contributed by atoms with Crippen LogP contribution in [0.2, 0.25) is 0 Å². The molecular weight excluding hydrogens is 292 g/mol. The van der Waals surface area contributed by atoms with Gasteiger partial charge in [0.1, 0.15) is 0 Å². The van der Waals surface area contributed by atoms with E-state index in [1.165, 1.54) is 0 Å². The summed E-state index contributed by atoms with van der Waals surface area (Å²) in [5.74, 6) is -1.34. The lowest BCUT2D eigenvalue weighted by Crippen LogP contribution is -2.47. The lowest BCUT2D eigenvalue weighted by atomic mass is 9.73. The first-order valence-electron chi connectivity index (χ1n) is 8.31. The molecule has 0 bridgehead atoms. The van der Waals surface area contributed by atoms with Crippen molar-refractivity contribution in [2.24, 2.45) is 5.41 Å². The first kappa shape index (κ1) is 17.5. The number of anilines is 1. The van der Waals surface area contributed by atoms with Crippen LogP contribution in [0.3, 0.4) is 0 Å². The van der Waals surface area contributed by atoms with Gasteiger partial charge in [-0.2, -0.15) is 0 Å². The Morgan fingerprint density at radius 2 is 2.09 bits per heavy atom. The van der Waals surface area contributed by atoms with Crippen molar-refractivity contribution in [1.29, 1.82) is 0 Å². The highest BCUT2D eigenvalue weighted by molar-refractivity contribution is 6.39. The Bertz CT molecular complexity index is 573. The van der Waals surface area contributed by atoms with Crippen LogP contribution in [0.15, 0.2) is 24.3 Å². The van der Waals surface area contributed by atoms with Crippen LogP contribution < -0.4 is 10.6 Å². The third kappa shape index (κ3) is 4.55. The number of hydrogen-bond acceptors (Lipinski definition) is 3. The average Bonchev–Trinajstić information content (AvgIpc) is 2.55. The second kappa shape index (κ2) is 7.59. The van der Waals surface area contributed by atoms with E-state index in [-0.39, 0.29) is 5.41 Å². The van der Waals surface area contributed by atoms with Gasteiger partial charge in [0.2, 0.25) is 0 Å². The summed E-state index contributed by atoms with van der Waals surface area (Å²) in [5, 5.41) is 15.4. The van der Waals surface area contributed by atoms with Crippen molar-refractivity contribution in [3.05, 3.63) is 29.8 Å². The fourth-order valence-electron chi connectivity index (χ4n) is 3.01. The highest BCUT2D eigenvalue weighted by atomic mass is 16.3. The largest absolute Gasteiger partial charge is 0.392 e. The molecular formula is C18H26N2O3. The number of nitrogens with one attached hydrogen (secondary N) is 2. The van der Waals surface area contributed by atoms with Crippen molar-refractivity contribution in [2.75, 3.05) is 11.9 Å². The maximum atomic E-state index is 12.0. The predicted molar refractivity (Wildman–Crippen MR) is 90.0 cm³/mol. The summed E-state index contributed by atoms with van der Waals surface area (Å²) in [7, 11) is 0. The monoisotopic (exact) mass is 318 g/mol. The summed E-state index contributed by atoms with van der Waals surface area (Å²) in [6.45, 7) is 4.30. The highest BCUT2D eigenvalue weighted by Gasteiger charge is 2.36. The van der Waals surface area contributed by atoms with Gasteiger partial charge in [-0.3, -0.25) is 9.59 Å². The Kier molecular flexibility index (Phi) is 5.77. The van der Waals surface area contributed by atoms with Gasteiger partial charge in [0.25, 0.3) is 0 Å². The molecule has 2 rings (SSSR count). The van der Waals surface area contributed by atoms with Crippen molar-refractivity contribution in [1.82, 2.24) is 5.32 Å². The van der Waals surface area contributed by atoms with Gasteiger partial charge >= 0.3 is 11.8 Å². The SMILES string of the molecule is CCc1cccc(NC(=O)C(=O)NCC2(C)CCCCC2O)c1. The third-order valence-electron chi connectivity index (χ3n) is 4.73. The van der Waals surface area contributed by atoms with Gasteiger partial charge in [-0.05, 0) is 37.0 Å². The lowest BCUT2D eigenvalue weighted by Gasteiger charge is -2.38. The molecule has 126 valence electrons. The van der Waals surface area contributed by atoms with E-state index in [2.05, 4.69) is 10.6 Å². The summed E-state index contributed by atoms with van der Waals surface area (Å²) in [4.78, 5) is 24.0. The molecule has 5 nitrogen and oxygen atoms in total. The van der Waals surface area contributed by atoms with E-state index in [1.54, 1.807) is 6.07 Å². The molecule has 2 atom stereocenters. The molecule has 1 aromatic carbocycles. The van der Waals surface area contributed by atoms with E-state index in [4.69, 9.17) is 0 Å². The van der Waals surface area contributed by atoms with Crippen molar-refractivity contribution in [3.63, 3.8) is 0 Å². The zero-order valence-corrected chi connectivity index (χ0v) is 13.9. The summed E-state index contributed by atoms with van der Waals surface area (Å²) in [6, 6.07) is 7.45. The number of aryl methyl sites for hydroxylation is 1. The predicted octanol–water partition coefficient (Wildman–Crippen LogP) is 2.24. The standard InChI is InChI=1S/C18H26N2O3/c1-3-13-7-6-8-14(11-13)20-17(23)16(22)19-12-18(2)10-5-4-9-15(18)21/h6-8,11,15,21H,3-5,9-10,12H2,1-2H3,(H,19,22)(H,20,23). The van der Waals surface area contributed by atoms with Crippen molar-refractivity contribution in [3.8, 4) is 0 Å². The van der Waals surface area contributed by atoms with Crippen molar-refractivity contribution < 1.29 is 14.7 Å². The van der Waals surface area contributed by atoms with Gasteiger partial charge < -0.3 is 15.7 Å². The van der Waals surface area contributed by atoms with Crippen LogP contribution in [-0.4, -0.2) is 29.6 Å². The summed E-state index contributed by atoms with van der Waals surface area (Å²) >= 11 is 0. The van der Waals surface area contributed by atoms with E-state index < -0.39 is 17.9 Å². The van der Waals surface area contributed by atoms with Crippen LogP contribution in [0.5, 0.6) is 0 Å². The molecule has 1 fully saturated rings. The normalized spacial score (nSPS) is 24.0. The van der Waals surface area contributed by atoms with E-state index in [0.29, 0.717) is 12.2 Å². The minimum Gasteiger partial charge on any atom is -0.392 e. The Hall–Kier alpha value is -1.88. The van der Waals surface area contributed by atoms with E-state index in [9.17, 15) is 14.7 Å². The van der Waals surface area contributed by atoms with Gasteiger partial charge in [0.15, 0.2) is 0 Å². The summed E-state index contributed by atoms with van der Waals surface area (Å²) in [6.07, 6.45) is 4.10. The topological polar surface area (TPSA) is 78.4 Å². The van der Waals surface area contributed by atoms with Gasteiger partial charge in [0.05, 0.1) is 6.10 Å². The molecule has 3 N–H and O–H groups in total. The highest BCUT2D eigenvalue weighted by Crippen LogP contribution is 2.35. The number of aliphatic hydroxyl groups excluding tert-OH is 1. The van der Waals surface area contributed by atoms with E-state index in [1.807, 2.05) is 32.0 Å². The molecule has 1 aliphatic rings. The number of carbonyl (C=O) groups excluding carboxylic acids is 2. The van der Waals surface area contributed by atoms with Crippen LogP contribution in [0.25, 0.3) is 0 Å². The minimum absolute atomic E-state index is 0.315. The molecule has 0 aliphatic heterocycles. The number of rotatable bonds is 4. The van der Waals surface area contributed by atoms with Crippen molar-refractivity contribution >= 4 is 17.5 Å². The zero-order valence-electron chi connectivity index (χ0n) is 13.9. The van der Waals surface area contributed by atoms with Gasteiger partial charge in [0, 0.05) is 17.6 Å². The Labute approximate surface area is 137 Å². The molecule has 0 heterocycles. The van der Waals surface area contributed by atoms with E-state index >= 15 is 0 Å². The third-order valence-corrected chi connectivity index (χ3v) is 4.73. The number of benzene rings is 1. The van der Waals surface area contributed by atoms with Gasteiger partial charge in [-0.1, -0.05) is 38.8 Å². The maximum absolute atomic E-state index is 12.0. The molecule has 1 aromatic rings. The molecule has 0 saturated heterocycles. The molecule has 5 heteroatoms. The zero-order chi connectivity index (χ0) is 16.9. The van der Waals surface area contributed by atoms with Gasteiger partial charge in [-0.25, -0.2) is 0 Å². The first-order valence-corrected chi connectivity index (χ1v) is 8.31. The molecule has 23 heavy (non-hydrogen) atoms. The van der Waals surface area contributed by atoms with Crippen LogP contribution in [0.4, 0.5) is 5.69 Å². The second-order valence-corrected chi connectivity index (χ2v) is 6.61. The summed E-state index contributed by atoms with van der Waals surface area (Å²) < 4.78 is 0. The number of hydrogen-bond donors (Lipinski definition) is 3. The Morgan fingerprint density at radius 1 is 1.30 bits per heavy atom. The fourth-order valence-corrected chi connectivity index (χ4v) is 3.01. The Morgan fingerprint density at radius 3 is 2.78 bits per heavy atom. The minimum atomic E-state index is -0.674. The molecule has 0 spiro atoms. The maximum Gasteiger partial charge on any atom is 0.313 e. The van der Waals surface area contributed by atoms with Gasteiger partial charge in [-0.15, -0.1) is 0 Å². The molecule has 1 aliphatic carbocycles. The van der Waals surface area contributed by atoms with Crippen LogP contribution in [0, 0.1) is 5.41 Å². The first-order chi connectivity index (χ1) is 10.9. The fraction of sp³-hybridized carbons (Fsp3) is 0.556. The quantitative estimate of drug-likeness (QED) is 0.745. The smallest absolute Gasteiger partial charge is 0.313 e. The van der Waals surface area contributed by atoms with Crippen LogP contribution in [0.1, 0.15) is 45.1 Å². The van der Waals surface area contributed by atoms with E-state index in [0.717, 1.165) is 37.7 Å². The lowest BCUT2D eigenvalue weighted by molar-refractivity contribution is -0.136. The van der Waals surface area contributed by atoms with Crippen molar-refractivity contribution in [2.45, 2.75) is 52.1 Å². The van der Waals surface area contributed by atoms with Crippen LogP contribution in [-0.2, 0) is 16.0 Å². The average molecular weight is 318 g/mol. The molecule has 2 unspecified atom stereocenters. The Balaban J connectivity index is 1.88. The number of carbonyl (C=O) groups is 2. The molecule has 0 aromatic heterocycles. The second-order valence-electron chi connectivity index (χ2n) is 6.61. The molecule has 1 saturated carbocycles. The number of amides is 2.